The van der Waals surface area contributed by atoms with Crippen LogP contribution in [0.15, 0.2) is 36.5 Å². The lowest BCUT2D eigenvalue weighted by atomic mass is 10.0. The third-order valence-electron chi connectivity index (χ3n) is 7.89. The maximum Gasteiger partial charge on any atom is 0.318 e. The van der Waals surface area contributed by atoms with E-state index in [0.717, 1.165) is 39.1 Å². The quantitative estimate of drug-likeness (QED) is 0.306. The first-order valence-corrected chi connectivity index (χ1v) is 14.7. The number of rotatable bonds is 3. The first-order valence-electron chi connectivity index (χ1n) is 14.3. The van der Waals surface area contributed by atoms with Crippen molar-refractivity contribution >= 4 is 39.1 Å². The average molecular weight is 612 g/mol. The molecule has 3 fully saturated rings. The van der Waals surface area contributed by atoms with Crippen molar-refractivity contribution in [3.63, 3.8) is 0 Å². The van der Waals surface area contributed by atoms with E-state index in [1.54, 1.807) is 36.5 Å². The molecular weight excluding hydrogens is 579 g/mol. The zero-order valence-electron chi connectivity index (χ0n) is 24.1. The minimum absolute atomic E-state index is 0.0395. The van der Waals surface area contributed by atoms with E-state index in [9.17, 15) is 8.78 Å². The molecule has 7 rings (SSSR count). The fourth-order valence-electron chi connectivity index (χ4n) is 5.95. The van der Waals surface area contributed by atoms with E-state index in [2.05, 4.69) is 25.2 Å². The summed E-state index contributed by atoms with van der Waals surface area (Å²) in [5.74, 6) is -0.640. The van der Waals surface area contributed by atoms with Crippen molar-refractivity contribution in [3.8, 4) is 23.3 Å². The molecule has 4 aromatic rings. The lowest BCUT2D eigenvalue weighted by molar-refractivity contribution is 0.292. The SMILES string of the molecule is CC#N.COc1nc(N2CCNCC2)c2cnc(-c3cccc4ccc(F)c(Cl)c34)c(F)c2n1.FC1CC2CCCN2C1. The van der Waals surface area contributed by atoms with Crippen LogP contribution in [-0.2, 0) is 0 Å². The minimum atomic E-state index is -0.637. The van der Waals surface area contributed by atoms with Crippen molar-refractivity contribution in [1.29, 1.82) is 5.26 Å². The number of fused-ring (bicyclic) bond motifs is 3. The van der Waals surface area contributed by atoms with Crippen LogP contribution in [0.1, 0.15) is 26.2 Å². The predicted octanol–water partition coefficient (Wildman–Crippen LogP) is 5.92. The number of halogens is 4. The highest BCUT2D eigenvalue weighted by Gasteiger charge is 2.34. The molecular formula is C31H33ClF3N7O. The van der Waals surface area contributed by atoms with Gasteiger partial charge in [0.2, 0.25) is 0 Å². The van der Waals surface area contributed by atoms with E-state index < -0.39 is 17.8 Å². The van der Waals surface area contributed by atoms with Crippen LogP contribution in [-0.4, -0.2) is 78.4 Å². The zero-order valence-corrected chi connectivity index (χ0v) is 24.8. The van der Waals surface area contributed by atoms with Gasteiger partial charge in [0.25, 0.3) is 0 Å². The number of anilines is 1. The van der Waals surface area contributed by atoms with Crippen molar-refractivity contribution in [3.05, 3.63) is 53.2 Å². The molecule has 1 N–H and O–H groups in total. The number of nitrogens with zero attached hydrogens (tertiary/aromatic N) is 6. The van der Waals surface area contributed by atoms with Crippen molar-refractivity contribution in [1.82, 2.24) is 25.2 Å². The van der Waals surface area contributed by atoms with E-state index in [-0.39, 0.29) is 22.2 Å². The Morgan fingerprint density at radius 1 is 1.12 bits per heavy atom. The molecule has 0 radical (unpaired) electrons. The number of nitriles is 1. The van der Waals surface area contributed by atoms with Crippen LogP contribution in [0.2, 0.25) is 5.02 Å². The van der Waals surface area contributed by atoms with Gasteiger partial charge in [-0.05, 0) is 37.3 Å². The van der Waals surface area contributed by atoms with Gasteiger partial charge in [0.05, 0.1) is 23.6 Å². The van der Waals surface area contributed by atoms with Crippen LogP contribution in [0.5, 0.6) is 6.01 Å². The van der Waals surface area contributed by atoms with Crippen LogP contribution >= 0.6 is 11.6 Å². The highest BCUT2D eigenvalue weighted by Crippen LogP contribution is 2.38. The summed E-state index contributed by atoms with van der Waals surface area (Å²) in [4.78, 5) is 17.4. The van der Waals surface area contributed by atoms with Gasteiger partial charge < -0.3 is 15.0 Å². The van der Waals surface area contributed by atoms with Crippen LogP contribution < -0.4 is 15.0 Å². The second kappa shape index (κ2) is 13.7. The number of benzene rings is 2. The van der Waals surface area contributed by atoms with Gasteiger partial charge in [-0.25, -0.2) is 13.2 Å². The summed E-state index contributed by atoms with van der Waals surface area (Å²) in [5.41, 5.74) is 0.523. The smallest absolute Gasteiger partial charge is 0.318 e. The first-order chi connectivity index (χ1) is 20.9. The Morgan fingerprint density at radius 3 is 2.60 bits per heavy atom. The number of hydrogen-bond donors (Lipinski definition) is 1. The second-order valence-corrected chi connectivity index (χ2v) is 10.9. The van der Waals surface area contributed by atoms with Gasteiger partial charge in [-0.15, -0.1) is 0 Å². The summed E-state index contributed by atoms with van der Waals surface area (Å²) in [5, 5.41) is 12.1. The van der Waals surface area contributed by atoms with E-state index in [0.29, 0.717) is 40.1 Å². The monoisotopic (exact) mass is 611 g/mol. The van der Waals surface area contributed by atoms with Crippen LogP contribution in [0.4, 0.5) is 19.0 Å². The summed E-state index contributed by atoms with van der Waals surface area (Å²) >= 11 is 6.24. The molecule has 0 aliphatic carbocycles. The molecule has 5 heterocycles. The molecule has 0 saturated carbocycles. The maximum absolute atomic E-state index is 15.8. The van der Waals surface area contributed by atoms with Gasteiger partial charge in [-0.1, -0.05) is 35.9 Å². The van der Waals surface area contributed by atoms with Crippen molar-refractivity contribution in [2.45, 2.75) is 38.4 Å². The lowest BCUT2D eigenvalue weighted by Crippen LogP contribution is -2.44. The largest absolute Gasteiger partial charge is 0.467 e. The summed E-state index contributed by atoms with van der Waals surface area (Å²) < 4.78 is 47.8. The average Bonchev–Trinajstić information content (AvgIpc) is 3.61. The summed E-state index contributed by atoms with van der Waals surface area (Å²) in [7, 11) is 1.44. The van der Waals surface area contributed by atoms with Crippen LogP contribution in [0.3, 0.4) is 0 Å². The Kier molecular flexibility index (Phi) is 9.80. The maximum atomic E-state index is 15.8. The Balaban J connectivity index is 0.000000255. The first kappa shape index (κ1) is 30.7. The summed E-state index contributed by atoms with van der Waals surface area (Å²) in [6.45, 7) is 6.31. The van der Waals surface area contributed by atoms with Crippen molar-refractivity contribution in [2.75, 3.05) is 51.3 Å². The number of piperazine rings is 1. The van der Waals surface area contributed by atoms with E-state index >= 15 is 4.39 Å². The molecule has 8 nitrogen and oxygen atoms in total. The number of ether oxygens (including phenoxy) is 1. The lowest BCUT2D eigenvalue weighted by Gasteiger charge is -2.29. The van der Waals surface area contributed by atoms with Gasteiger partial charge in [0.15, 0.2) is 5.82 Å². The Morgan fingerprint density at radius 2 is 1.88 bits per heavy atom. The Labute approximate surface area is 253 Å². The molecule has 3 aliphatic heterocycles. The van der Waals surface area contributed by atoms with Gasteiger partial charge in [0, 0.05) is 62.8 Å². The molecule has 0 bridgehead atoms. The topological polar surface area (TPSA) is 90.2 Å². The number of aromatic nitrogens is 3. The van der Waals surface area contributed by atoms with E-state index in [1.165, 1.54) is 32.9 Å². The number of methoxy groups -OCH3 is 1. The van der Waals surface area contributed by atoms with Gasteiger partial charge >= 0.3 is 6.01 Å². The van der Waals surface area contributed by atoms with Gasteiger partial charge in [-0.3, -0.25) is 9.88 Å². The van der Waals surface area contributed by atoms with Crippen molar-refractivity contribution < 1.29 is 17.9 Å². The van der Waals surface area contributed by atoms with E-state index in [4.69, 9.17) is 21.6 Å². The molecule has 2 aromatic carbocycles. The Bertz CT molecular complexity index is 1630. The molecule has 2 aromatic heterocycles. The van der Waals surface area contributed by atoms with Gasteiger partial charge in [-0.2, -0.15) is 15.2 Å². The number of alkyl halides is 1. The summed E-state index contributed by atoms with van der Waals surface area (Å²) in [6.07, 6.45) is 4.37. The number of hydrogen-bond acceptors (Lipinski definition) is 8. The molecule has 2 unspecified atom stereocenters. The van der Waals surface area contributed by atoms with Crippen molar-refractivity contribution in [2.24, 2.45) is 0 Å². The third kappa shape index (κ3) is 6.47. The predicted molar refractivity (Wildman–Crippen MR) is 162 cm³/mol. The molecule has 43 heavy (non-hydrogen) atoms. The van der Waals surface area contributed by atoms with E-state index in [1.807, 2.05) is 4.90 Å². The number of nitrogens with one attached hydrogen (secondary N) is 1. The second-order valence-electron chi connectivity index (χ2n) is 10.6. The van der Waals surface area contributed by atoms with Crippen LogP contribution in [0.25, 0.3) is 32.9 Å². The molecule has 3 aliphatic rings. The molecule has 2 atom stereocenters. The number of pyridine rings is 1. The molecule has 0 spiro atoms. The minimum Gasteiger partial charge on any atom is -0.467 e. The highest BCUT2D eigenvalue weighted by molar-refractivity contribution is 6.36. The normalized spacial score (nSPS) is 19.7. The third-order valence-corrected chi connectivity index (χ3v) is 8.26. The molecule has 226 valence electrons. The molecule has 3 saturated heterocycles. The fourth-order valence-corrected chi connectivity index (χ4v) is 6.23. The Hall–Kier alpha value is -3.72. The fraction of sp³-hybridized carbons (Fsp3) is 0.419. The summed E-state index contributed by atoms with van der Waals surface area (Å²) in [6, 6.07) is 10.5. The molecule has 12 heteroatoms. The highest BCUT2D eigenvalue weighted by atomic mass is 35.5. The molecule has 0 amide bonds. The van der Waals surface area contributed by atoms with Crippen LogP contribution in [0, 0.1) is 23.0 Å². The standard InChI is InChI=1S/C22H18ClF2N5O.C7H12FN.C2H3N/c1-31-22-28-20-14(21(29-22)30-9-7-26-8-10-30)11-27-19(18(20)25)13-4-2-3-12-5-6-15(24)17(23)16(12)13;8-6-4-7-2-1-3-9(7)5-6;1-2-3/h2-6,11,26H,7-10H2,1H3;6-7H,1-5H2;1H3. The van der Waals surface area contributed by atoms with Gasteiger partial charge in [0.1, 0.15) is 29.0 Å². The zero-order chi connectivity index (χ0) is 30.5.